The Morgan fingerprint density at radius 1 is 1.04 bits per heavy atom. The minimum Gasteiger partial charge on any atom is -0.367 e. The van der Waals surface area contributed by atoms with E-state index in [1.165, 1.54) is 0 Å². The zero-order valence-corrected chi connectivity index (χ0v) is 15.6. The van der Waals surface area contributed by atoms with Crippen molar-refractivity contribution in [2.75, 3.05) is 18.4 Å². The van der Waals surface area contributed by atoms with Crippen molar-refractivity contribution < 1.29 is 4.79 Å². The molecule has 9 nitrogen and oxygen atoms in total. The molecule has 28 heavy (non-hydrogen) atoms. The largest absolute Gasteiger partial charge is 0.367 e. The first-order valence-electron chi connectivity index (χ1n) is 8.94. The molecule has 0 saturated heterocycles. The molecule has 0 fully saturated rings. The Hall–Kier alpha value is -3.75. The lowest BCUT2D eigenvalue weighted by atomic mass is 10.3. The fourth-order valence-corrected chi connectivity index (χ4v) is 2.92. The van der Waals surface area contributed by atoms with Gasteiger partial charge in [-0.15, -0.1) is 10.2 Å². The maximum atomic E-state index is 12.5. The number of rotatable bonds is 6. The molecule has 4 heterocycles. The number of nitrogens with zero attached hydrogens (tertiary/aromatic N) is 6. The second-order valence-electron chi connectivity index (χ2n) is 6.34. The molecule has 0 aliphatic rings. The predicted molar refractivity (Wildman–Crippen MR) is 105 cm³/mol. The molecule has 9 heteroatoms. The summed E-state index contributed by atoms with van der Waals surface area (Å²) in [6, 6.07) is 11.2. The summed E-state index contributed by atoms with van der Waals surface area (Å²) < 4.78 is 3.46. The summed E-state index contributed by atoms with van der Waals surface area (Å²) in [5, 5.41) is 18.6. The topological polar surface area (TPSA) is 102 Å². The van der Waals surface area contributed by atoms with Crippen molar-refractivity contribution in [2.45, 2.75) is 13.8 Å². The van der Waals surface area contributed by atoms with Crippen LogP contribution in [-0.2, 0) is 0 Å². The Labute approximate surface area is 161 Å². The predicted octanol–water partition coefficient (Wildman–Crippen LogP) is 1.77. The van der Waals surface area contributed by atoms with E-state index in [2.05, 4.69) is 30.9 Å². The van der Waals surface area contributed by atoms with E-state index < -0.39 is 0 Å². The normalized spacial score (nSPS) is 10.9. The molecule has 0 atom stereocenters. The van der Waals surface area contributed by atoms with Crippen molar-refractivity contribution in [3.63, 3.8) is 0 Å². The maximum absolute atomic E-state index is 12.5. The van der Waals surface area contributed by atoms with Gasteiger partial charge >= 0.3 is 0 Å². The third kappa shape index (κ3) is 3.54. The van der Waals surface area contributed by atoms with Crippen LogP contribution in [0, 0.1) is 13.8 Å². The van der Waals surface area contributed by atoms with E-state index in [-0.39, 0.29) is 5.91 Å². The average molecular weight is 376 g/mol. The van der Waals surface area contributed by atoms with E-state index in [4.69, 9.17) is 0 Å². The average Bonchev–Trinajstić information content (AvgIpc) is 3.28. The molecular weight excluding hydrogens is 356 g/mol. The van der Waals surface area contributed by atoms with Crippen molar-refractivity contribution >= 4 is 17.4 Å². The van der Waals surface area contributed by atoms with E-state index >= 15 is 0 Å². The Morgan fingerprint density at radius 3 is 2.68 bits per heavy atom. The van der Waals surface area contributed by atoms with Crippen molar-refractivity contribution in [2.24, 2.45) is 0 Å². The lowest BCUT2D eigenvalue weighted by molar-refractivity contribution is 0.0948. The molecule has 142 valence electrons. The van der Waals surface area contributed by atoms with Crippen molar-refractivity contribution in [1.29, 1.82) is 0 Å². The summed E-state index contributed by atoms with van der Waals surface area (Å²) in [7, 11) is 0. The van der Waals surface area contributed by atoms with Crippen LogP contribution >= 0.6 is 0 Å². The molecule has 0 radical (unpaired) electrons. The minimum absolute atomic E-state index is 0.159. The molecule has 0 saturated carbocycles. The van der Waals surface area contributed by atoms with Crippen LogP contribution in [0.1, 0.15) is 21.9 Å². The van der Waals surface area contributed by atoms with E-state index in [1.54, 1.807) is 9.08 Å². The zero-order valence-electron chi connectivity index (χ0n) is 15.6. The molecule has 0 spiro atoms. The van der Waals surface area contributed by atoms with E-state index in [9.17, 15) is 4.79 Å². The summed E-state index contributed by atoms with van der Waals surface area (Å²) in [6.07, 6.45) is 3.67. The Kier molecular flexibility index (Phi) is 4.71. The van der Waals surface area contributed by atoms with Gasteiger partial charge in [0.15, 0.2) is 5.82 Å². The number of fused-ring (bicyclic) bond motifs is 1. The number of anilines is 1. The number of hydrogen-bond acceptors (Lipinski definition) is 6. The van der Waals surface area contributed by atoms with Gasteiger partial charge in [0.05, 0.1) is 11.4 Å². The van der Waals surface area contributed by atoms with Gasteiger partial charge in [-0.05, 0) is 44.2 Å². The minimum atomic E-state index is -0.159. The van der Waals surface area contributed by atoms with E-state index in [1.807, 2.05) is 62.6 Å². The number of imidazole rings is 1. The smallest absolute Gasteiger partial charge is 0.270 e. The number of amides is 1. The third-order valence-corrected chi connectivity index (χ3v) is 4.24. The molecule has 0 bridgehead atoms. The van der Waals surface area contributed by atoms with Crippen LogP contribution in [0.5, 0.6) is 0 Å². The Morgan fingerprint density at radius 2 is 1.93 bits per heavy atom. The highest BCUT2D eigenvalue weighted by Gasteiger charge is 2.15. The SMILES string of the molecule is Cc1ccn(-c2ccc(NCCNC(=O)c3c(C)nc4ccccn34)nn2)n1. The van der Waals surface area contributed by atoms with Gasteiger partial charge < -0.3 is 10.6 Å². The van der Waals surface area contributed by atoms with E-state index in [0.29, 0.717) is 36.1 Å². The Bertz CT molecular complexity index is 1110. The molecule has 4 aromatic rings. The van der Waals surface area contributed by atoms with Crippen LogP contribution in [0.15, 0.2) is 48.8 Å². The van der Waals surface area contributed by atoms with Crippen LogP contribution in [0.4, 0.5) is 5.82 Å². The highest BCUT2D eigenvalue weighted by Crippen LogP contribution is 2.11. The van der Waals surface area contributed by atoms with Crippen LogP contribution in [0.25, 0.3) is 11.5 Å². The van der Waals surface area contributed by atoms with Crippen LogP contribution < -0.4 is 10.6 Å². The van der Waals surface area contributed by atoms with Gasteiger partial charge in [-0.1, -0.05) is 6.07 Å². The molecule has 4 rings (SSSR count). The Balaban J connectivity index is 1.32. The lowest BCUT2D eigenvalue weighted by Crippen LogP contribution is -2.30. The van der Waals surface area contributed by atoms with Crippen LogP contribution in [0.2, 0.25) is 0 Å². The maximum Gasteiger partial charge on any atom is 0.270 e. The quantitative estimate of drug-likeness (QED) is 0.497. The fourth-order valence-electron chi connectivity index (χ4n) is 2.92. The summed E-state index contributed by atoms with van der Waals surface area (Å²) in [5.74, 6) is 1.12. The van der Waals surface area contributed by atoms with Gasteiger partial charge in [0.25, 0.3) is 5.91 Å². The van der Waals surface area contributed by atoms with Gasteiger partial charge in [-0.3, -0.25) is 9.20 Å². The molecule has 1 amide bonds. The molecule has 0 aromatic carbocycles. The summed E-state index contributed by atoms with van der Waals surface area (Å²) in [6.45, 7) is 4.72. The first kappa shape index (κ1) is 17.7. The molecule has 4 aromatic heterocycles. The molecule has 0 aliphatic heterocycles. The number of pyridine rings is 1. The molecule has 2 N–H and O–H groups in total. The van der Waals surface area contributed by atoms with Crippen molar-refractivity contribution in [3.05, 3.63) is 65.9 Å². The first-order valence-corrected chi connectivity index (χ1v) is 8.94. The zero-order chi connectivity index (χ0) is 19.5. The highest BCUT2D eigenvalue weighted by molar-refractivity contribution is 5.94. The van der Waals surface area contributed by atoms with Gasteiger partial charge in [-0.25, -0.2) is 9.67 Å². The first-order chi connectivity index (χ1) is 13.6. The molecule has 0 unspecified atom stereocenters. The van der Waals surface area contributed by atoms with Gasteiger partial charge in [0.1, 0.15) is 17.2 Å². The van der Waals surface area contributed by atoms with Gasteiger partial charge in [0.2, 0.25) is 0 Å². The number of carbonyl (C=O) groups is 1. The monoisotopic (exact) mass is 376 g/mol. The number of hydrogen-bond donors (Lipinski definition) is 2. The second kappa shape index (κ2) is 7.47. The lowest BCUT2D eigenvalue weighted by Gasteiger charge is -2.08. The number of carbonyl (C=O) groups excluding carboxylic acids is 1. The molecule has 0 aliphatic carbocycles. The summed E-state index contributed by atoms with van der Waals surface area (Å²) in [5.41, 5.74) is 2.92. The van der Waals surface area contributed by atoms with Gasteiger partial charge in [0, 0.05) is 25.5 Å². The third-order valence-electron chi connectivity index (χ3n) is 4.24. The number of aromatic nitrogens is 6. The fraction of sp³-hybridized carbons (Fsp3) is 0.211. The molecular formula is C19H20N8O. The summed E-state index contributed by atoms with van der Waals surface area (Å²) >= 11 is 0. The van der Waals surface area contributed by atoms with Crippen LogP contribution in [-0.4, -0.2) is 48.4 Å². The number of aryl methyl sites for hydroxylation is 2. The van der Waals surface area contributed by atoms with Crippen molar-refractivity contribution in [1.82, 2.24) is 34.7 Å². The van der Waals surface area contributed by atoms with Crippen LogP contribution in [0.3, 0.4) is 0 Å². The summed E-state index contributed by atoms with van der Waals surface area (Å²) in [4.78, 5) is 16.9. The van der Waals surface area contributed by atoms with E-state index in [0.717, 1.165) is 11.3 Å². The van der Waals surface area contributed by atoms with Gasteiger partial charge in [-0.2, -0.15) is 5.10 Å². The highest BCUT2D eigenvalue weighted by atomic mass is 16.1. The second-order valence-corrected chi connectivity index (χ2v) is 6.34. The van der Waals surface area contributed by atoms with Crippen molar-refractivity contribution in [3.8, 4) is 5.82 Å². The standard InChI is InChI=1S/C19H20N8O/c1-13-8-12-27(25-13)17-7-6-15(23-24-17)20-9-10-21-19(28)18-14(2)22-16-5-3-4-11-26(16)18/h3-8,11-12H,9-10H2,1-2H3,(H,20,23)(H,21,28). The number of nitrogens with one attached hydrogen (secondary N) is 2.